The fraction of sp³-hybridized carbons (Fsp3) is 0.200. The number of hydrogen-bond donors (Lipinski definition) is 0. The standard InChI is InChI=1S/C20H17Cl2NO3S2/c1-25-9-8-23-19(24)18(28-20(23)27)11-14-4-7-17(16(22)10-14)26-12-13-2-5-15(21)6-3-13/h2-7,10-11H,8-9,12H2,1H3/b18-11-. The van der Waals surface area contributed by atoms with Crippen LogP contribution in [0.3, 0.4) is 0 Å². The van der Waals surface area contributed by atoms with E-state index in [0.29, 0.717) is 44.8 Å². The average molecular weight is 454 g/mol. The molecule has 0 atom stereocenters. The Labute approximate surface area is 183 Å². The lowest BCUT2D eigenvalue weighted by molar-refractivity contribution is -0.122. The maximum Gasteiger partial charge on any atom is 0.266 e. The van der Waals surface area contributed by atoms with Crippen molar-refractivity contribution < 1.29 is 14.3 Å². The Kier molecular flexibility index (Phi) is 7.37. The Morgan fingerprint density at radius 1 is 1.18 bits per heavy atom. The Morgan fingerprint density at radius 3 is 2.61 bits per heavy atom. The van der Waals surface area contributed by atoms with Crippen LogP contribution in [-0.4, -0.2) is 35.4 Å². The van der Waals surface area contributed by atoms with Crippen LogP contribution in [0.5, 0.6) is 5.75 Å². The number of carbonyl (C=O) groups excluding carboxylic acids is 1. The molecular formula is C20H17Cl2NO3S2. The van der Waals surface area contributed by atoms with Gasteiger partial charge in [0.05, 0.1) is 23.1 Å². The van der Waals surface area contributed by atoms with Gasteiger partial charge in [-0.2, -0.15) is 0 Å². The monoisotopic (exact) mass is 453 g/mol. The maximum atomic E-state index is 12.5. The number of nitrogens with zero attached hydrogens (tertiary/aromatic N) is 1. The summed E-state index contributed by atoms with van der Waals surface area (Å²) in [4.78, 5) is 14.6. The number of thioether (sulfide) groups is 1. The Hall–Kier alpha value is -1.57. The van der Waals surface area contributed by atoms with Gasteiger partial charge in [0.15, 0.2) is 0 Å². The van der Waals surface area contributed by atoms with Crippen LogP contribution in [0.2, 0.25) is 10.0 Å². The number of hydrogen-bond acceptors (Lipinski definition) is 5. The Bertz CT molecular complexity index is 916. The zero-order valence-corrected chi connectivity index (χ0v) is 18.1. The van der Waals surface area contributed by atoms with Gasteiger partial charge >= 0.3 is 0 Å². The van der Waals surface area contributed by atoms with Crippen molar-refractivity contribution in [2.75, 3.05) is 20.3 Å². The zero-order valence-electron chi connectivity index (χ0n) is 15.0. The number of thiocarbonyl (C=S) groups is 1. The molecule has 0 spiro atoms. The second-order valence-electron chi connectivity index (χ2n) is 5.93. The first kappa shape index (κ1) is 21.1. The summed E-state index contributed by atoms with van der Waals surface area (Å²) in [5.41, 5.74) is 1.79. The third-order valence-corrected chi connectivity index (χ3v) is 5.88. The average Bonchev–Trinajstić information content (AvgIpc) is 2.94. The highest BCUT2D eigenvalue weighted by atomic mass is 35.5. The molecule has 1 heterocycles. The molecule has 1 fully saturated rings. The molecule has 2 aromatic carbocycles. The summed E-state index contributed by atoms with van der Waals surface area (Å²) in [7, 11) is 1.59. The summed E-state index contributed by atoms with van der Waals surface area (Å²) in [5.74, 6) is 0.452. The van der Waals surface area contributed by atoms with E-state index in [1.165, 1.54) is 11.8 Å². The Morgan fingerprint density at radius 2 is 1.93 bits per heavy atom. The molecular weight excluding hydrogens is 437 g/mol. The van der Waals surface area contributed by atoms with E-state index in [2.05, 4.69) is 0 Å². The minimum absolute atomic E-state index is 0.119. The van der Waals surface area contributed by atoms with Crippen molar-refractivity contribution in [2.45, 2.75) is 6.61 Å². The topological polar surface area (TPSA) is 38.8 Å². The van der Waals surface area contributed by atoms with Crippen molar-refractivity contribution in [1.29, 1.82) is 0 Å². The highest BCUT2D eigenvalue weighted by Crippen LogP contribution is 2.34. The van der Waals surface area contributed by atoms with E-state index >= 15 is 0 Å². The maximum absolute atomic E-state index is 12.5. The molecule has 0 bridgehead atoms. The quantitative estimate of drug-likeness (QED) is 0.413. The number of halogens is 2. The van der Waals surface area contributed by atoms with Crippen molar-refractivity contribution in [3.63, 3.8) is 0 Å². The van der Waals surface area contributed by atoms with Gasteiger partial charge in [-0.3, -0.25) is 9.69 Å². The van der Waals surface area contributed by atoms with E-state index < -0.39 is 0 Å². The van der Waals surface area contributed by atoms with Gasteiger partial charge in [-0.15, -0.1) is 0 Å². The number of ether oxygens (including phenoxy) is 2. The van der Waals surface area contributed by atoms with E-state index in [9.17, 15) is 4.79 Å². The molecule has 8 heteroatoms. The molecule has 1 aliphatic heterocycles. The van der Waals surface area contributed by atoms with Crippen LogP contribution < -0.4 is 4.74 Å². The summed E-state index contributed by atoms with van der Waals surface area (Å²) < 4.78 is 11.3. The summed E-state index contributed by atoms with van der Waals surface area (Å²) in [6.45, 7) is 1.26. The fourth-order valence-electron chi connectivity index (χ4n) is 2.49. The largest absolute Gasteiger partial charge is 0.487 e. The van der Waals surface area contributed by atoms with E-state index in [1.54, 1.807) is 30.2 Å². The number of carbonyl (C=O) groups is 1. The molecule has 0 aromatic heterocycles. The number of benzene rings is 2. The lowest BCUT2D eigenvalue weighted by Crippen LogP contribution is -2.31. The minimum atomic E-state index is -0.119. The predicted molar refractivity (Wildman–Crippen MR) is 119 cm³/mol. The molecule has 1 saturated heterocycles. The number of methoxy groups -OCH3 is 1. The van der Waals surface area contributed by atoms with Crippen molar-refractivity contribution in [1.82, 2.24) is 4.90 Å². The van der Waals surface area contributed by atoms with Crippen LogP contribution in [0.4, 0.5) is 0 Å². The zero-order chi connectivity index (χ0) is 20.1. The van der Waals surface area contributed by atoms with Crippen LogP contribution in [0.15, 0.2) is 47.4 Å². The second kappa shape index (κ2) is 9.76. The van der Waals surface area contributed by atoms with Gasteiger partial charge in [0.1, 0.15) is 16.7 Å². The molecule has 0 radical (unpaired) electrons. The van der Waals surface area contributed by atoms with Crippen LogP contribution in [0.25, 0.3) is 6.08 Å². The van der Waals surface area contributed by atoms with Crippen LogP contribution in [-0.2, 0) is 16.1 Å². The highest BCUT2D eigenvalue weighted by molar-refractivity contribution is 8.26. The molecule has 146 valence electrons. The summed E-state index contributed by atoms with van der Waals surface area (Å²) in [6.07, 6.45) is 1.78. The van der Waals surface area contributed by atoms with Gasteiger partial charge in [0.2, 0.25) is 0 Å². The van der Waals surface area contributed by atoms with Crippen LogP contribution >= 0.6 is 47.2 Å². The fourth-order valence-corrected chi connectivity index (χ4v) is 4.17. The molecule has 4 nitrogen and oxygen atoms in total. The van der Waals surface area contributed by atoms with Gasteiger partial charge in [0, 0.05) is 12.1 Å². The van der Waals surface area contributed by atoms with Gasteiger partial charge < -0.3 is 9.47 Å². The van der Waals surface area contributed by atoms with E-state index in [1.807, 2.05) is 30.3 Å². The molecule has 0 unspecified atom stereocenters. The van der Waals surface area contributed by atoms with Crippen molar-refractivity contribution in [3.8, 4) is 5.75 Å². The molecule has 1 amide bonds. The second-order valence-corrected chi connectivity index (χ2v) is 8.45. The Balaban J connectivity index is 1.68. The van der Waals surface area contributed by atoms with Crippen molar-refractivity contribution in [3.05, 3.63) is 68.5 Å². The normalized spacial score (nSPS) is 15.5. The summed E-state index contributed by atoms with van der Waals surface area (Å²) in [5, 5.41) is 1.15. The molecule has 0 N–H and O–H groups in total. The van der Waals surface area contributed by atoms with Gasteiger partial charge in [-0.1, -0.05) is 65.4 Å². The van der Waals surface area contributed by atoms with Gasteiger partial charge in [-0.25, -0.2) is 0 Å². The van der Waals surface area contributed by atoms with Crippen molar-refractivity contribution >= 4 is 63.5 Å². The predicted octanol–water partition coefficient (Wildman–Crippen LogP) is 5.42. The van der Waals surface area contributed by atoms with Crippen molar-refractivity contribution in [2.24, 2.45) is 0 Å². The molecule has 2 aromatic rings. The van der Waals surface area contributed by atoms with Crippen LogP contribution in [0, 0.1) is 0 Å². The summed E-state index contributed by atoms with van der Waals surface area (Å²) in [6, 6.07) is 12.8. The number of rotatable bonds is 7. The molecule has 0 saturated carbocycles. The first-order valence-corrected chi connectivity index (χ1v) is 10.4. The highest BCUT2D eigenvalue weighted by Gasteiger charge is 2.31. The van der Waals surface area contributed by atoms with E-state index in [-0.39, 0.29) is 5.91 Å². The van der Waals surface area contributed by atoms with Crippen LogP contribution in [0.1, 0.15) is 11.1 Å². The van der Waals surface area contributed by atoms with Gasteiger partial charge in [0.25, 0.3) is 5.91 Å². The first-order valence-electron chi connectivity index (χ1n) is 8.39. The third kappa shape index (κ3) is 5.27. The van der Waals surface area contributed by atoms with E-state index in [0.717, 1.165) is 11.1 Å². The molecule has 28 heavy (non-hydrogen) atoms. The smallest absolute Gasteiger partial charge is 0.266 e. The van der Waals surface area contributed by atoms with E-state index in [4.69, 9.17) is 44.9 Å². The third-order valence-electron chi connectivity index (χ3n) is 3.95. The molecule has 0 aliphatic carbocycles. The lowest BCUT2D eigenvalue weighted by atomic mass is 10.2. The van der Waals surface area contributed by atoms with Gasteiger partial charge in [-0.05, 0) is 41.5 Å². The number of amides is 1. The SMILES string of the molecule is COCCN1C(=O)/C(=C/c2ccc(OCc3ccc(Cl)cc3)c(Cl)c2)SC1=S. The minimum Gasteiger partial charge on any atom is -0.487 e. The first-order chi connectivity index (χ1) is 13.5. The molecule has 3 rings (SSSR count). The summed E-state index contributed by atoms with van der Waals surface area (Å²) >= 11 is 18.8. The lowest BCUT2D eigenvalue weighted by Gasteiger charge is -2.13. The molecule has 1 aliphatic rings.